The van der Waals surface area contributed by atoms with Crippen LogP contribution >= 0.6 is 24.0 Å². The Labute approximate surface area is 165 Å². The van der Waals surface area contributed by atoms with Crippen LogP contribution in [0.5, 0.6) is 5.75 Å². The highest BCUT2D eigenvalue weighted by Crippen LogP contribution is 2.46. The van der Waals surface area contributed by atoms with Gasteiger partial charge in [0.2, 0.25) is 0 Å². The second kappa shape index (κ2) is 6.82. The molecule has 0 spiro atoms. The molecule has 0 N–H and O–H groups in total. The van der Waals surface area contributed by atoms with Crippen LogP contribution in [-0.2, 0) is 4.79 Å². The molecule has 0 aliphatic carbocycles. The highest BCUT2D eigenvalue weighted by atomic mass is 32.2. The number of nitrogens with zero attached hydrogens (tertiary/aromatic N) is 3. The van der Waals surface area contributed by atoms with Crippen molar-refractivity contribution in [1.82, 2.24) is 4.90 Å². The van der Waals surface area contributed by atoms with Crippen molar-refractivity contribution in [2.45, 2.75) is 11.4 Å². The Morgan fingerprint density at radius 2 is 2.00 bits per heavy atom. The molecule has 1 amide bonds. The number of carbonyl (C=O) groups is 1. The maximum Gasteiger partial charge on any atom is 0.269 e. The van der Waals surface area contributed by atoms with Crippen LogP contribution in [0.4, 0.5) is 11.4 Å². The molecule has 0 bridgehead atoms. The maximum atomic E-state index is 12.9. The number of amides is 1. The number of ether oxygens (including phenoxy) is 1. The summed E-state index contributed by atoms with van der Waals surface area (Å²) in [5.41, 5.74) is 1.48. The van der Waals surface area contributed by atoms with Crippen molar-refractivity contribution in [3.05, 3.63) is 64.2 Å². The molecular weight excluding hydrogens is 386 g/mol. The predicted molar refractivity (Wildman–Crippen MR) is 107 cm³/mol. The molecule has 27 heavy (non-hydrogen) atoms. The van der Waals surface area contributed by atoms with E-state index in [9.17, 15) is 14.9 Å². The molecule has 0 unspecified atom stereocenters. The zero-order valence-electron chi connectivity index (χ0n) is 14.3. The third kappa shape index (κ3) is 2.92. The van der Waals surface area contributed by atoms with Gasteiger partial charge >= 0.3 is 0 Å². The van der Waals surface area contributed by atoms with Crippen LogP contribution < -0.4 is 9.64 Å². The molecule has 0 radical (unpaired) electrons. The van der Waals surface area contributed by atoms with Gasteiger partial charge in [0.1, 0.15) is 17.2 Å². The number of hydrogen-bond acceptors (Lipinski definition) is 6. The van der Waals surface area contributed by atoms with E-state index in [0.29, 0.717) is 22.3 Å². The Bertz CT molecular complexity index is 934. The molecule has 2 atom stereocenters. The molecule has 0 saturated carbocycles. The van der Waals surface area contributed by atoms with Crippen LogP contribution in [0.25, 0.3) is 0 Å². The minimum atomic E-state index is -0.419. The number of nitro groups is 1. The lowest BCUT2D eigenvalue weighted by Crippen LogP contribution is -2.33. The molecular formula is C18H15N3O4S2. The molecule has 2 heterocycles. The summed E-state index contributed by atoms with van der Waals surface area (Å²) in [6.45, 7) is 0. The lowest BCUT2D eigenvalue weighted by atomic mass is 10.1. The highest BCUT2D eigenvalue weighted by molar-refractivity contribution is 7.99. The van der Waals surface area contributed by atoms with E-state index in [2.05, 4.69) is 0 Å². The molecule has 2 aromatic rings. The van der Waals surface area contributed by atoms with Gasteiger partial charge in [-0.25, -0.2) is 0 Å². The first-order chi connectivity index (χ1) is 13.0. The first kappa shape index (κ1) is 17.7. The number of thiocarbonyl (C=S) groups is 1. The lowest BCUT2D eigenvalue weighted by molar-refractivity contribution is -0.384. The molecule has 138 valence electrons. The van der Waals surface area contributed by atoms with Crippen molar-refractivity contribution in [1.29, 1.82) is 0 Å². The van der Waals surface area contributed by atoms with Crippen molar-refractivity contribution in [2.24, 2.45) is 0 Å². The molecule has 2 aromatic carbocycles. The number of anilines is 1. The summed E-state index contributed by atoms with van der Waals surface area (Å²) < 4.78 is 5.16. The Morgan fingerprint density at radius 1 is 1.26 bits per heavy atom. The Balaban J connectivity index is 1.66. The standard InChI is InChI=1S/C18H15N3O4S2/c1-25-14-7-5-12(6-8-14)19-16(22)15-10-27-17(20(15)18(19)26)11-3-2-4-13(9-11)21(23)24/h2-9,15,17H,10H2,1H3/t15-,17-/m1/s1. The van der Waals surface area contributed by atoms with E-state index >= 15 is 0 Å². The quantitative estimate of drug-likeness (QED) is 0.442. The minimum absolute atomic E-state index is 0.0278. The molecule has 7 nitrogen and oxygen atoms in total. The van der Waals surface area contributed by atoms with Gasteiger partial charge in [-0.3, -0.25) is 19.8 Å². The van der Waals surface area contributed by atoms with Crippen molar-refractivity contribution < 1.29 is 14.5 Å². The topological polar surface area (TPSA) is 75.9 Å². The zero-order chi connectivity index (χ0) is 19.1. The Morgan fingerprint density at radius 3 is 2.67 bits per heavy atom. The van der Waals surface area contributed by atoms with Gasteiger partial charge in [-0.2, -0.15) is 0 Å². The first-order valence-electron chi connectivity index (χ1n) is 8.17. The summed E-state index contributed by atoms with van der Waals surface area (Å²) in [6, 6.07) is 13.3. The van der Waals surface area contributed by atoms with Crippen molar-refractivity contribution in [3.8, 4) is 5.75 Å². The molecule has 2 aliphatic heterocycles. The molecule has 2 fully saturated rings. The number of non-ortho nitro benzene ring substituents is 1. The second-order valence-electron chi connectivity index (χ2n) is 6.12. The molecule has 2 aliphatic rings. The highest BCUT2D eigenvalue weighted by Gasteiger charge is 2.51. The second-order valence-corrected chi connectivity index (χ2v) is 7.59. The van der Waals surface area contributed by atoms with Gasteiger partial charge in [-0.1, -0.05) is 12.1 Å². The molecule has 9 heteroatoms. The summed E-state index contributed by atoms with van der Waals surface area (Å²) in [5, 5.41) is 11.3. The maximum absolute atomic E-state index is 12.9. The van der Waals surface area contributed by atoms with Crippen LogP contribution in [-0.4, -0.2) is 39.7 Å². The minimum Gasteiger partial charge on any atom is -0.497 e. The fraction of sp³-hybridized carbons (Fsp3) is 0.222. The van der Waals surface area contributed by atoms with Gasteiger partial charge in [0.05, 0.1) is 17.7 Å². The number of methoxy groups -OCH3 is 1. The van der Waals surface area contributed by atoms with E-state index in [1.54, 1.807) is 55.3 Å². The summed E-state index contributed by atoms with van der Waals surface area (Å²) in [5.74, 6) is 1.20. The van der Waals surface area contributed by atoms with Gasteiger partial charge in [0.25, 0.3) is 11.6 Å². The molecule has 2 saturated heterocycles. The largest absolute Gasteiger partial charge is 0.497 e. The van der Waals surface area contributed by atoms with Gasteiger partial charge in [-0.15, -0.1) is 11.8 Å². The van der Waals surface area contributed by atoms with E-state index in [4.69, 9.17) is 17.0 Å². The van der Waals surface area contributed by atoms with Crippen LogP contribution in [0.1, 0.15) is 10.9 Å². The molecule has 0 aromatic heterocycles. The average Bonchev–Trinajstić information content (AvgIpc) is 3.22. The Kier molecular flexibility index (Phi) is 4.48. The number of carbonyl (C=O) groups excluding carboxylic acids is 1. The number of thioether (sulfide) groups is 1. The van der Waals surface area contributed by atoms with Crippen molar-refractivity contribution in [2.75, 3.05) is 17.8 Å². The number of fused-ring (bicyclic) bond motifs is 1. The van der Waals surface area contributed by atoms with E-state index in [0.717, 1.165) is 5.56 Å². The number of rotatable bonds is 4. The van der Waals surface area contributed by atoms with E-state index in [-0.39, 0.29) is 23.0 Å². The number of hydrogen-bond donors (Lipinski definition) is 0. The van der Waals surface area contributed by atoms with E-state index < -0.39 is 4.92 Å². The fourth-order valence-corrected chi connectivity index (χ4v) is 5.22. The average molecular weight is 401 g/mol. The smallest absolute Gasteiger partial charge is 0.269 e. The third-order valence-corrected chi connectivity index (χ3v) is 6.33. The van der Waals surface area contributed by atoms with Crippen molar-refractivity contribution >= 4 is 46.4 Å². The predicted octanol–water partition coefficient (Wildman–Crippen LogP) is 3.35. The SMILES string of the molecule is COc1ccc(N2C(=O)[C@H]3CS[C@H](c4cccc([N+](=O)[O-])c4)N3C2=S)cc1. The molecule has 4 rings (SSSR count). The fourth-order valence-electron chi connectivity index (χ4n) is 3.31. The van der Waals surface area contributed by atoms with Gasteiger partial charge in [0.15, 0.2) is 5.11 Å². The van der Waals surface area contributed by atoms with E-state index in [1.807, 2.05) is 11.0 Å². The van der Waals surface area contributed by atoms with E-state index in [1.165, 1.54) is 11.0 Å². The first-order valence-corrected chi connectivity index (χ1v) is 9.63. The summed E-state index contributed by atoms with van der Waals surface area (Å²) in [7, 11) is 1.58. The van der Waals surface area contributed by atoms with Gasteiger partial charge in [0, 0.05) is 17.9 Å². The van der Waals surface area contributed by atoms with Crippen LogP contribution in [0, 0.1) is 10.1 Å². The van der Waals surface area contributed by atoms with Crippen molar-refractivity contribution in [3.63, 3.8) is 0 Å². The summed E-state index contributed by atoms with van der Waals surface area (Å²) in [6.07, 6.45) is 0. The Hall–Kier alpha value is -2.65. The van der Waals surface area contributed by atoms with Crippen LogP contribution in [0.2, 0.25) is 0 Å². The van der Waals surface area contributed by atoms with Crippen LogP contribution in [0.3, 0.4) is 0 Å². The van der Waals surface area contributed by atoms with Crippen LogP contribution in [0.15, 0.2) is 48.5 Å². The zero-order valence-corrected chi connectivity index (χ0v) is 15.9. The monoisotopic (exact) mass is 401 g/mol. The summed E-state index contributed by atoms with van der Waals surface area (Å²) in [4.78, 5) is 27.0. The van der Waals surface area contributed by atoms with Gasteiger partial charge in [-0.05, 0) is 42.0 Å². The number of benzene rings is 2. The number of nitro benzene ring substituents is 1. The lowest BCUT2D eigenvalue weighted by Gasteiger charge is -2.25. The summed E-state index contributed by atoms with van der Waals surface area (Å²) >= 11 is 7.18. The van der Waals surface area contributed by atoms with Gasteiger partial charge < -0.3 is 9.64 Å². The third-order valence-electron chi connectivity index (χ3n) is 4.61. The normalized spacial score (nSPS) is 21.5.